The number of nitrogens with zero attached hydrogens (tertiary/aromatic N) is 5. The molecule has 0 saturated carbocycles. The van der Waals surface area contributed by atoms with Gasteiger partial charge >= 0.3 is 0 Å². The van der Waals surface area contributed by atoms with Crippen LogP contribution in [0.4, 0.5) is 0 Å². The first kappa shape index (κ1) is 17.0. The van der Waals surface area contributed by atoms with Gasteiger partial charge in [-0.2, -0.15) is 4.52 Å². The summed E-state index contributed by atoms with van der Waals surface area (Å²) in [5, 5.41) is 15.1. The molecule has 0 bridgehead atoms. The molecular formula is C17H20BrN5OS. The molecule has 6 nitrogen and oxygen atoms in total. The number of rotatable bonds is 3. The van der Waals surface area contributed by atoms with E-state index >= 15 is 0 Å². The van der Waals surface area contributed by atoms with Crippen LogP contribution < -0.4 is 0 Å². The first-order chi connectivity index (χ1) is 12.0. The van der Waals surface area contributed by atoms with E-state index in [9.17, 15) is 5.11 Å². The van der Waals surface area contributed by atoms with Crippen LogP contribution in [-0.2, 0) is 0 Å². The molecule has 1 N–H and O–H groups in total. The molecule has 1 unspecified atom stereocenters. The number of hydrogen-bond donors (Lipinski definition) is 1. The van der Waals surface area contributed by atoms with Gasteiger partial charge in [0.2, 0.25) is 10.8 Å². The van der Waals surface area contributed by atoms with Crippen molar-refractivity contribution in [2.24, 2.45) is 0 Å². The van der Waals surface area contributed by atoms with Crippen molar-refractivity contribution < 1.29 is 5.11 Å². The van der Waals surface area contributed by atoms with Crippen molar-refractivity contribution in [2.45, 2.75) is 13.0 Å². The molecule has 0 aliphatic carbocycles. The number of piperazine rings is 1. The third-order valence-corrected chi connectivity index (χ3v) is 6.24. The fourth-order valence-electron chi connectivity index (χ4n) is 3.28. The van der Waals surface area contributed by atoms with Crippen molar-refractivity contribution in [3.8, 4) is 5.88 Å². The summed E-state index contributed by atoms with van der Waals surface area (Å²) in [6.07, 6.45) is 0. The zero-order valence-electron chi connectivity index (χ0n) is 14.2. The topological polar surface area (TPSA) is 56.9 Å². The summed E-state index contributed by atoms with van der Waals surface area (Å²) < 4.78 is 2.60. The van der Waals surface area contributed by atoms with E-state index in [4.69, 9.17) is 0 Å². The van der Waals surface area contributed by atoms with Crippen molar-refractivity contribution in [1.29, 1.82) is 0 Å². The Morgan fingerprint density at radius 1 is 1.16 bits per heavy atom. The van der Waals surface area contributed by atoms with Gasteiger partial charge in [0.25, 0.3) is 0 Å². The highest BCUT2D eigenvalue weighted by atomic mass is 79.9. The number of benzene rings is 1. The first-order valence-electron chi connectivity index (χ1n) is 8.26. The molecule has 1 atom stereocenters. The van der Waals surface area contributed by atoms with Crippen molar-refractivity contribution >= 4 is 32.2 Å². The smallest absolute Gasteiger partial charge is 0.230 e. The maximum absolute atomic E-state index is 10.8. The van der Waals surface area contributed by atoms with Crippen LogP contribution in [0.2, 0.25) is 0 Å². The van der Waals surface area contributed by atoms with E-state index in [1.807, 2.05) is 6.92 Å². The molecule has 132 valence electrons. The monoisotopic (exact) mass is 421 g/mol. The molecule has 1 aliphatic heterocycles. The summed E-state index contributed by atoms with van der Waals surface area (Å²) in [5.41, 5.74) is 1.17. The predicted octanol–water partition coefficient (Wildman–Crippen LogP) is 2.90. The lowest BCUT2D eigenvalue weighted by Crippen LogP contribution is -2.46. The van der Waals surface area contributed by atoms with Crippen LogP contribution in [0.5, 0.6) is 5.88 Å². The van der Waals surface area contributed by atoms with Crippen molar-refractivity contribution in [3.05, 3.63) is 45.0 Å². The van der Waals surface area contributed by atoms with Gasteiger partial charge in [0, 0.05) is 30.7 Å². The number of likely N-dealkylation sites (N-methyl/N-ethyl adjacent to an activating group) is 1. The number of aromatic hydroxyl groups is 1. The summed E-state index contributed by atoms with van der Waals surface area (Å²) >= 11 is 5.03. The lowest BCUT2D eigenvalue weighted by Gasteiger charge is -2.37. The summed E-state index contributed by atoms with van der Waals surface area (Å²) in [6, 6.07) is 8.35. The minimum absolute atomic E-state index is 0.00982. The van der Waals surface area contributed by atoms with Crippen LogP contribution in [0, 0.1) is 6.92 Å². The Morgan fingerprint density at radius 3 is 2.48 bits per heavy atom. The highest BCUT2D eigenvalue weighted by Crippen LogP contribution is 2.40. The highest BCUT2D eigenvalue weighted by Gasteiger charge is 2.31. The van der Waals surface area contributed by atoms with Gasteiger partial charge in [-0.25, -0.2) is 4.98 Å². The lowest BCUT2D eigenvalue weighted by atomic mass is 10.0. The second-order valence-corrected chi connectivity index (χ2v) is 8.36. The van der Waals surface area contributed by atoms with Crippen LogP contribution in [-0.4, -0.2) is 62.7 Å². The van der Waals surface area contributed by atoms with Gasteiger partial charge in [-0.15, -0.1) is 5.10 Å². The zero-order chi connectivity index (χ0) is 17.6. The van der Waals surface area contributed by atoms with Crippen LogP contribution in [0.25, 0.3) is 4.96 Å². The molecule has 2 aromatic heterocycles. The maximum atomic E-state index is 10.8. The van der Waals surface area contributed by atoms with E-state index in [2.05, 4.69) is 67.1 Å². The van der Waals surface area contributed by atoms with Gasteiger partial charge in [-0.3, -0.25) is 4.90 Å². The van der Waals surface area contributed by atoms with E-state index in [-0.39, 0.29) is 11.9 Å². The highest BCUT2D eigenvalue weighted by molar-refractivity contribution is 9.10. The average molecular weight is 422 g/mol. The Labute approximate surface area is 158 Å². The Balaban J connectivity index is 1.79. The Morgan fingerprint density at radius 2 is 1.84 bits per heavy atom. The van der Waals surface area contributed by atoms with Crippen molar-refractivity contribution in [1.82, 2.24) is 24.4 Å². The quantitative estimate of drug-likeness (QED) is 0.704. The number of aromatic nitrogens is 3. The third kappa shape index (κ3) is 3.19. The van der Waals surface area contributed by atoms with Crippen molar-refractivity contribution in [3.63, 3.8) is 0 Å². The first-order valence-corrected chi connectivity index (χ1v) is 9.87. The third-order valence-electron chi connectivity index (χ3n) is 4.64. The minimum Gasteiger partial charge on any atom is -0.492 e. The van der Waals surface area contributed by atoms with Crippen LogP contribution in [0.3, 0.4) is 0 Å². The number of halogens is 1. The molecule has 25 heavy (non-hydrogen) atoms. The molecule has 1 fully saturated rings. The van der Waals surface area contributed by atoms with E-state index in [1.54, 1.807) is 4.52 Å². The maximum Gasteiger partial charge on any atom is 0.230 e. The Bertz CT molecular complexity index is 882. The molecule has 3 aromatic rings. The number of fused-ring (bicyclic) bond motifs is 1. The van der Waals surface area contributed by atoms with Gasteiger partial charge in [0.05, 0.1) is 10.9 Å². The molecule has 1 aliphatic rings. The average Bonchev–Trinajstić information content (AvgIpc) is 3.09. The molecule has 0 amide bonds. The molecule has 1 aromatic carbocycles. The molecule has 0 spiro atoms. The van der Waals surface area contributed by atoms with E-state index < -0.39 is 0 Å². The fraction of sp³-hybridized carbons (Fsp3) is 0.412. The Hall–Kier alpha value is -1.48. The van der Waals surface area contributed by atoms with Crippen LogP contribution >= 0.6 is 27.3 Å². The fourth-order valence-corrected chi connectivity index (χ4v) is 4.71. The molecule has 3 heterocycles. The van der Waals surface area contributed by atoms with Gasteiger partial charge in [-0.05, 0) is 31.7 Å². The molecule has 8 heteroatoms. The largest absolute Gasteiger partial charge is 0.492 e. The summed E-state index contributed by atoms with van der Waals surface area (Å²) in [7, 11) is 2.15. The Kier molecular flexibility index (Phi) is 4.53. The van der Waals surface area contributed by atoms with Gasteiger partial charge < -0.3 is 10.0 Å². The van der Waals surface area contributed by atoms with E-state index in [1.165, 1.54) is 16.9 Å². The van der Waals surface area contributed by atoms with Crippen LogP contribution in [0.1, 0.15) is 22.3 Å². The molecule has 0 radical (unpaired) electrons. The zero-order valence-corrected chi connectivity index (χ0v) is 16.6. The number of thiazole rings is 1. The molecule has 4 rings (SSSR count). The van der Waals surface area contributed by atoms with Crippen molar-refractivity contribution in [2.75, 3.05) is 33.2 Å². The second kappa shape index (κ2) is 6.68. The number of aryl methyl sites for hydroxylation is 1. The predicted molar refractivity (Wildman–Crippen MR) is 102 cm³/mol. The van der Waals surface area contributed by atoms with Gasteiger partial charge in [-0.1, -0.05) is 39.4 Å². The van der Waals surface area contributed by atoms with E-state index in [0.29, 0.717) is 5.82 Å². The van der Waals surface area contributed by atoms with Gasteiger partial charge in [0.1, 0.15) is 5.82 Å². The lowest BCUT2D eigenvalue weighted by molar-refractivity contribution is 0.127. The SMILES string of the molecule is Cc1nc2sc(C(c3ccc(Br)cc3)N3CCN(C)CC3)c(O)n2n1. The van der Waals surface area contributed by atoms with Crippen LogP contribution in [0.15, 0.2) is 28.7 Å². The second-order valence-electron chi connectivity index (χ2n) is 6.44. The van der Waals surface area contributed by atoms with Gasteiger partial charge in [0.15, 0.2) is 0 Å². The molecule has 1 saturated heterocycles. The normalized spacial score (nSPS) is 18.0. The number of hydrogen-bond acceptors (Lipinski definition) is 6. The summed E-state index contributed by atoms with van der Waals surface area (Å²) in [6.45, 7) is 5.81. The minimum atomic E-state index is 0.00982. The van der Waals surface area contributed by atoms with E-state index in [0.717, 1.165) is 40.5 Å². The summed E-state index contributed by atoms with van der Waals surface area (Å²) in [4.78, 5) is 10.8. The summed E-state index contributed by atoms with van der Waals surface area (Å²) in [5.74, 6) is 0.875. The standard InChI is InChI=1S/C17H20BrN5OS/c1-11-19-17-23(20-11)16(24)15(25-17)14(12-3-5-13(18)6-4-12)22-9-7-21(2)8-10-22/h3-6,14,24H,7-10H2,1-2H3. The molecular weight excluding hydrogens is 402 g/mol.